The number of aliphatic carboxylic acids is 1. The van der Waals surface area contributed by atoms with E-state index in [0.29, 0.717) is 12.2 Å². The average molecular weight is 308 g/mol. The van der Waals surface area contributed by atoms with Crippen LogP contribution >= 0.6 is 11.8 Å². The van der Waals surface area contributed by atoms with Crippen LogP contribution in [0.15, 0.2) is 24.3 Å². The van der Waals surface area contributed by atoms with Gasteiger partial charge in [0.1, 0.15) is 12.1 Å². The Morgan fingerprint density at radius 1 is 1.48 bits per heavy atom. The molecule has 114 valence electrons. The third-order valence-electron chi connectivity index (χ3n) is 3.60. The number of carbonyl (C=O) groups is 2. The van der Waals surface area contributed by atoms with Crippen LogP contribution in [0, 0.1) is 0 Å². The van der Waals surface area contributed by atoms with Crippen molar-refractivity contribution < 1.29 is 14.7 Å². The van der Waals surface area contributed by atoms with Crippen molar-refractivity contribution >= 4 is 23.6 Å². The third-order valence-corrected chi connectivity index (χ3v) is 4.24. The van der Waals surface area contributed by atoms with Gasteiger partial charge in [0.2, 0.25) is 5.91 Å². The van der Waals surface area contributed by atoms with Crippen molar-refractivity contribution in [2.45, 2.75) is 24.9 Å². The summed E-state index contributed by atoms with van der Waals surface area (Å²) >= 11 is 1.57. The monoisotopic (exact) mass is 308 g/mol. The number of hydrogen-bond acceptors (Lipinski definition) is 4. The zero-order chi connectivity index (χ0) is 15.2. The molecule has 0 saturated carbocycles. The number of amides is 1. The van der Waals surface area contributed by atoms with E-state index in [4.69, 9.17) is 0 Å². The van der Waals surface area contributed by atoms with Crippen molar-refractivity contribution in [3.8, 4) is 0 Å². The van der Waals surface area contributed by atoms with Crippen molar-refractivity contribution in [1.29, 1.82) is 0 Å². The first-order valence-corrected chi connectivity index (χ1v) is 8.36. The van der Waals surface area contributed by atoms with Crippen LogP contribution in [0.5, 0.6) is 0 Å². The van der Waals surface area contributed by atoms with E-state index in [2.05, 4.69) is 10.6 Å². The summed E-state index contributed by atoms with van der Waals surface area (Å²) in [5.74, 6) is -0.552. The van der Waals surface area contributed by atoms with Gasteiger partial charge in [-0.15, -0.1) is 0 Å². The first-order valence-electron chi connectivity index (χ1n) is 6.96. The quantitative estimate of drug-likeness (QED) is 0.736. The molecule has 1 amide bonds. The Labute approximate surface area is 128 Å². The number of rotatable bonds is 6. The van der Waals surface area contributed by atoms with Gasteiger partial charge in [-0.05, 0) is 36.0 Å². The molecule has 2 rings (SSSR count). The summed E-state index contributed by atoms with van der Waals surface area (Å²) in [7, 11) is 0. The first-order chi connectivity index (χ1) is 10.1. The van der Waals surface area contributed by atoms with Crippen molar-refractivity contribution in [2.24, 2.45) is 0 Å². The predicted molar refractivity (Wildman–Crippen MR) is 83.5 cm³/mol. The lowest BCUT2D eigenvalue weighted by Crippen LogP contribution is -2.48. The predicted octanol–water partition coefficient (Wildman–Crippen LogP) is 1.20. The van der Waals surface area contributed by atoms with E-state index in [1.165, 1.54) is 0 Å². The Balaban J connectivity index is 2.08. The van der Waals surface area contributed by atoms with Gasteiger partial charge in [-0.2, -0.15) is 11.8 Å². The molecule has 6 heteroatoms. The highest BCUT2D eigenvalue weighted by Gasteiger charge is 2.29. The second-order valence-electron chi connectivity index (χ2n) is 5.02. The SMILES string of the molecule is CSCC[C@H](NC(=O)C1NCCc2ccccc21)C(=O)O. The van der Waals surface area contributed by atoms with Gasteiger partial charge in [-0.25, -0.2) is 4.79 Å². The van der Waals surface area contributed by atoms with Crippen molar-refractivity contribution in [3.63, 3.8) is 0 Å². The van der Waals surface area contributed by atoms with E-state index in [0.717, 1.165) is 24.1 Å². The highest BCUT2D eigenvalue weighted by atomic mass is 32.2. The van der Waals surface area contributed by atoms with Gasteiger partial charge in [-0.3, -0.25) is 4.79 Å². The van der Waals surface area contributed by atoms with Gasteiger partial charge >= 0.3 is 5.97 Å². The van der Waals surface area contributed by atoms with Crippen LogP contribution in [0.4, 0.5) is 0 Å². The summed E-state index contributed by atoms with van der Waals surface area (Å²) in [6, 6.07) is 6.49. The zero-order valence-electron chi connectivity index (χ0n) is 12.0. The molecule has 1 unspecified atom stereocenters. The minimum absolute atomic E-state index is 0.268. The molecule has 0 saturated heterocycles. The lowest BCUT2D eigenvalue weighted by molar-refractivity contribution is -0.142. The van der Waals surface area contributed by atoms with Crippen LogP contribution in [-0.2, 0) is 16.0 Å². The molecule has 5 nitrogen and oxygen atoms in total. The Morgan fingerprint density at radius 3 is 2.95 bits per heavy atom. The summed E-state index contributed by atoms with van der Waals surface area (Å²) in [4.78, 5) is 23.6. The Morgan fingerprint density at radius 2 is 2.24 bits per heavy atom. The fourth-order valence-corrected chi connectivity index (χ4v) is 2.96. The minimum Gasteiger partial charge on any atom is -0.480 e. The lowest BCUT2D eigenvalue weighted by Gasteiger charge is -2.27. The van der Waals surface area contributed by atoms with Gasteiger partial charge in [0.25, 0.3) is 0 Å². The molecular formula is C15H20N2O3S. The highest BCUT2D eigenvalue weighted by molar-refractivity contribution is 7.98. The number of nitrogens with one attached hydrogen (secondary N) is 2. The number of carboxylic acid groups (broad SMARTS) is 1. The Kier molecular flexibility index (Phi) is 5.64. The van der Waals surface area contributed by atoms with Gasteiger partial charge in [0, 0.05) is 6.54 Å². The number of carbonyl (C=O) groups excluding carboxylic acids is 1. The fourth-order valence-electron chi connectivity index (χ4n) is 2.49. The molecule has 1 aliphatic rings. The van der Waals surface area contributed by atoms with Gasteiger partial charge in [0.15, 0.2) is 0 Å². The molecule has 0 aliphatic carbocycles. The topological polar surface area (TPSA) is 78.4 Å². The number of benzene rings is 1. The molecule has 3 N–H and O–H groups in total. The Hall–Kier alpha value is -1.53. The molecule has 0 aromatic heterocycles. The van der Waals surface area contributed by atoms with E-state index in [1.54, 1.807) is 11.8 Å². The lowest BCUT2D eigenvalue weighted by atomic mass is 9.93. The molecule has 1 heterocycles. The van der Waals surface area contributed by atoms with Gasteiger partial charge < -0.3 is 15.7 Å². The van der Waals surface area contributed by atoms with Crippen LogP contribution in [0.3, 0.4) is 0 Å². The van der Waals surface area contributed by atoms with E-state index in [9.17, 15) is 14.7 Å². The van der Waals surface area contributed by atoms with Gasteiger partial charge in [0.05, 0.1) is 0 Å². The largest absolute Gasteiger partial charge is 0.480 e. The van der Waals surface area contributed by atoms with Crippen molar-refractivity contribution in [2.75, 3.05) is 18.6 Å². The molecule has 0 spiro atoms. The highest BCUT2D eigenvalue weighted by Crippen LogP contribution is 2.22. The summed E-state index contributed by atoms with van der Waals surface area (Å²) in [5.41, 5.74) is 2.09. The van der Waals surface area contributed by atoms with Crippen LogP contribution in [-0.4, -0.2) is 41.6 Å². The van der Waals surface area contributed by atoms with Gasteiger partial charge in [-0.1, -0.05) is 24.3 Å². The number of carboxylic acids is 1. The number of fused-ring (bicyclic) bond motifs is 1. The fraction of sp³-hybridized carbons (Fsp3) is 0.467. The number of hydrogen-bond donors (Lipinski definition) is 3. The van der Waals surface area contributed by atoms with E-state index in [-0.39, 0.29) is 5.91 Å². The number of thioether (sulfide) groups is 1. The summed E-state index contributed by atoms with van der Waals surface area (Å²) in [6.07, 6.45) is 3.23. The average Bonchev–Trinajstić information content (AvgIpc) is 2.50. The maximum Gasteiger partial charge on any atom is 0.326 e. The van der Waals surface area contributed by atoms with E-state index >= 15 is 0 Å². The van der Waals surface area contributed by atoms with Crippen molar-refractivity contribution in [1.82, 2.24) is 10.6 Å². The van der Waals surface area contributed by atoms with Crippen LogP contribution in [0.25, 0.3) is 0 Å². The molecule has 1 aliphatic heterocycles. The summed E-state index contributed by atoms with van der Waals surface area (Å²) in [5, 5.41) is 15.0. The van der Waals surface area contributed by atoms with Crippen LogP contribution in [0.1, 0.15) is 23.6 Å². The first kappa shape index (κ1) is 15.9. The molecule has 2 atom stereocenters. The van der Waals surface area contributed by atoms with E-state index in [1.807, 2.05) is 30.5 Å². The second kappa shape index (κ2) is 7.47. The molecule has 21 heavy (non-hydrogen) atoms. The molecule has 1 aromatic carbocycles. The maximum atomic E-state index is 12.4. The summed E-state index contributed by atoms with van der Waals surface area (Å²) < 4.78 is 0. The Bertz CT molecular complexity index is 521. The maximum absolute atomic E-state index is 12.4. The third kappa shape index (κ3) is 3.98. The normalized spacial score (nSPS) is 18.6. The van der Waals surface area contributed by atoms with Crippen LogP contribution in [0.2, 0.25) is 0 Å². The molecule has 1 aromatic rings. The molecular weight excluding hydrogens is 288 g/mol. The summed E-state index contributed by atoms with van der Waals surface area (Å²) in [6.45, 7) is 0.720. The standard InChI is InChI=1S/C15H20N2O3S/c1-21-9-7-12(15(19)20)17-14(18)13-11-5-3-2-4-10(11)6-8-16-13/h2-5,12-13,16H,6-9H2,1H3,(H,17,18)(H,19,20)/t12-,13?/m0/s1. The van der Waals surface area contributed by atoms with Crippen molar-refractivity contribution in [3.05, 3.63) is 35.4 Å². The zero-order valence-corrected chi connectivity index (χ0v) is 12.8. The molecule has 0 radical (unpaired) electrons. The van der Waals surface area contributed by atoms with Crippen LogP contribution < -0.4 is 10.6 Å². The molecule has 0 fully saturated rings. The molecule has 0 bridgehead atoms. The smallest absolute Gasteiger partial charge is 0.326 e. The minimum atomic E-state index is -0.985. The second-order valence-corrected chi connectivity index (χ2v) is 6.00. The van der Waals surface area contributed by atoms with E-state index < -0.39 is 18.1 Å².